The average molecular weight is 289 g/mol. The van der Waals surface area contributed by atoms with Gasteiger partial charge in [0.25, 0.3) is 5.91 Å². The van der Waals surface area contributed by atoms with Crippen LogP contribution in [0.1, 0.15) is 54.9 Å². The van der Waals surface area contributed by atoms with Crippen molar-refractivity contribution in [1.29, 1.82) is 0 Å². The SMILES string of the molecule is CCC1CCC(CNC(=O)c2ccc(NN)cc2C)CC1. The minimum atomic E-state index is 0.0219. The van der Waals surface area contributed by atoms with E-state index in [1.165, 1.54) is 32.1 Å². The van der Waals surface area contributed by atoms with Crippen LogP contribution in [0.2, 0.25) is 0 Å². The predicted octanol–water partition coefficient (Wildman–Crippen LogP) is 3.23. The fourth-order valence-corrected chi connectivity index (χ4v) is 3.18. The molecule has 1 aliphatic carbocycles. The second-order valence-electron chi connectivity index (χ2n) is 6.18. The van der Waals surface area contributed by atoms with E-state index in [1.54, 1.807) is 0 Å². The van der Waals surface area contributed by atoms with E-state index >= 15 is 0 Å². The number of hydrogen-bond acceptors (Lipinski definition) is 3. The molecule has 1 saturated carbocycles. The number of anilines is 1. The van der Waals surface area contributed by atoms with Crippen LogP contribution in [0, 0.1) is 18.8 Å². The number of aryl methyl sites for hydroxylation is 1. The molecule has 1 aliphatic rings. The van der Waals surface area contributed by atoms with Crippen molar-refractivity contribution in [1.82, 2.24) is 5.32 Å². The average Bonchev–Trinajstić information content (AvgIpc) is 2.52. The van der Waals surface area contributed by atoms with Crippen molar-refractivity contribution in [2.24, 2.45) is 17.7 Å². The zero-order valence-electron chi connectivity index (χ0n) is 13.1. The quantitative estimate of drug-likeness (QED) is 0.576. The molecule has 1 aromatic carbocycles. The molecule has 21 heavy (non-hydrogen) atoms. The summed E-state index contributed by atoms with van der Waals surface area (Å²) in [6.07, 6.45) is 6.40. The molecule has 0 saturated heterocycles. The van der Waals surface area contributed by atoms with Gasteiger partial charge in [-0.1, -0.05) is 26.2 Å². The third kappa shape index (κ3) is 4.21. The van der Waals surface area contributed by atoms with Crippen LogP contribution in [0.3, 0.4) is 0 Å². The molecule has 0 atom stereocenters. The van der Waals surface area contributed by atoms with Gasteiger partial charge >= 0.3 is 0 Å². The minimum Gasteiger partial charge on any atom is -0.352 e. The molecular weight excluding hydrogens is 262 g/mol. The van der Waals surface area contributed by atoms with Crippen molar-refractivity contribution in [3.8, 4) is 0 Å². The van der Waals surface area contributed by atoms with Gasteiger partial charge in [-0.15, -0.1) is 0 Å². The largest absolute Gasteiger partial charge is 0.352 e. The summed E-state index contributed by atoms with van der Waals surface area (Å²) in [7, 11) is 0. The number of hydrazine groups is 1. The smallest absolute Gasteiger partial charge is 0.251 e. The molecule has 2 rings (SSSR count). The Morgan fingerprint density at radius 2 is 1.90 bits per heavy atom. The Bertz CT molecular complexity index is 479. The first-order valence-corrected chi connectivity index (χ1v) is 7.99. The van der Waals surface area contributed by atoms with Gasteiger partial charge in [0.05, 0.1) is 0 Å². The van der Waals surface area contributed by atoms with Crippen LogP contribution in [0.25, 0.3) is 0 Å². The van der Waals surface area contributed by atoms with E-state index in [0.717, 1.165) is 29.3 Å². The molecule has 0 radical (unpaired) electrons. The van der Waals surface area contributed by atoms with Crippen LogP contribution >= 0.6 is 0 Å². The summed E-state index contributed by atoms with van der Waals surface area (Å²) in [5, 5.41) is 3.09. The molecule has 4 heteroatoms. The normalized spacial score (nSPS) is 21.9. The van der Waals surface area contributed by atoms with Gasteiger partial charge in [0, 0.05) is 17.8 Å². The van der Waals surface area contributed by atoms with E-state index in [2.05, 4.69) is 17.7 Å². The summed E-state index contributed by atoms with van der Waals surface area (Å²) in [5.41, 5.74) is 5.09. The number of carbonyl (C=O) groups is 1. The molecule has 0 aliphatic heterocycles. The van der Waals surface area contributed by atoms with Crippen LogP contribution in [-0.4, -0.2) is 12.5 Å². The van der Waals surface area contributed by atoms with E-state index in [9.17, 15) is 4.79 Å². The van der Waals surface area contributed by atoms with Gasteiger partial charge in [-0.3, -0.25) is 10.6 Å². The molecule has 4 nitrogen and oxygen atoms in total. The zero-order valence-corrected chi connectivity index (χ0v) is 13.1. The fraction of sp³-hybridized carbons (Fsp3) is 0.588. The number of carbonyl (C=O) groups excluding carboxylic acids is 1. The number of nitrogens with two attached hydrogens (primary N) is 1. The summed E-state index contributed by atoms with van der Waals surface area (Å²) < 4.78 is 0. The lowest BCUT2D eigenvalue weighted by Gasteiger charge is -2.27. The van der Waals surface area contributed by atoms with Gasteiger partial charge in [-0.2, -0.15) is 0 Å². The molecule has 0 unspecified atom stereocenters. The summed E-state index contributed by atoms with van der Waals surface area (Å²) in [5.74, 6) is 6.93. The third-order valence-corrected chi connectivity index (χ3v) is 4.73. The van der Waals surface area contributed by atoms with E-state index in [-0.39, 0.29) is 5.91 Å². The Kier molecular flexibility index (Phi) is 5.62. The standard InChI is InChI=1S/C17H27N3O/c1-3-13-4-6-14(7-5-13)11-19-17(21)16-9-8-15(20-18)10-12(16)2/h8-10,13-14,20H,3-7,11,18H2,1-2H3,(H,19,21). The highest BCUT2D eigenvalue weighted by molar-refractivity contribution is 5.96. The lowest BCUT2D eigenvalue weighted by molar-refractivity contribution is 0.0940. The lowest BCUT2D eigenvalue weighted by atomic mass is 9.81. The Morgan fingerprint density at radius 1 is 1.24 bits per heavy atom. The maximum atomic E-state index is 12.3. The first kappa shape index (κ1) is 15.8. The molecule has 0 bridgehead atoms. The van der Waals surface area contributed by atoms with Crippen LogP contribution < -0.4 is 16.6 Å². The van der Waals surface area contributed by atoms with E-state index in [4.69, 9.17) is 5.84 Å². The van der Waals surface area contributed by atoms with Crippen LogP contribution in [-0.2, 0) is 0 Å². The van der Waals surface area contributed by atoms with Crippen LogP contribution in [0.15, 0.2) is 18.2 Å². The second-order valence-corrected chi connectivity index (χ2v) is 6.18. The molecule has 0 spiro atoms. The Hall–Kier alpha value is -1.55. The highest BCUT2D eigenvalue weighted by Crippen LogP contribution is 2.30. The summed E-state index contributed by atoms with van der Waals surface area (Å²) >= 11 is 0. The van der Waals surface area contributed by atoms with Gasteiger partial charge in [0.2, 0.25) is 0 Å². The van der Waals surface area contributed by atoms with Crippen LogP contribution in [0.4, 0.5) is 5.69 Å². The van der Waals surface area contributed by atoms with Crippen molar-refractivity contribution < 1.29 is 4.79 Å². The maximum absolute atomic E-state index is 12.3. The first-order chi connectivity index (χ1) is 10.1. The van der Waals surface area contributed by atoms with E-state index < -0.39 is 0 Å². The van der Waals surface area contributed by atoms with Gasteiger partial charge in [0.15, 0.2) is 0 Å². The molecule has 116 valence electrons. The number of hydrogen-bond donors (Lipinski definition) is 3. The number of amides is 1. The fourth-order valence-electron chi connectivity index (χ4n) is 3.18. The monoisotopic (exact) mass is 289 g/mol. The van der Waals surface area contributed by atoms with Crippen molar-refractivity contribution in [3.05, 3.63) is 29.3 Å². The van der Waals surface area contributed by atoms with Gasteiger partial charge < -0.3 is 10.7 Å². The number of rotatable bonds is 5. The summed E-state index contributed by atoms with van der Waals surface area (Å²) in [6, 6.07) is 5.55. The molecular formula is C17H27N3O. The van der Waals surface area contributed by atoms with Crippen molar-refractivity contribution >= 4 is 11.6 Å². The first-order valence-electron chi connectivity index (χ1n) is 7.99. The van der Waals surface area contributed by atoms with E-state index in [1.807, 2.05) is 25.1 Å². The molecule has 1 fully saturated rings. The zero-order chi connectivity index (χ0) is 15.2. The van der Waals surface area contributed by atoms with Crippen molar-refractivity contribution in [2.75, 3.05) is 12.0 Å². The van der Waals surface area contributed by atoms with Crippen LogP contribution in [0.5, 0.6) is 0 Å². The van der Waals surface area contributed by atoms with Gasteiger partial charge in [-0.05, 0) is 55.4 Å². The van der Waals surface area contributed by atoms with Crippen molar-refractivity contribution in [3.63, 3.8) is 0 Å². The van der Waals surface area contributed by atoms with Gasteiger partial charge in [-0.25, -0.2) is 0 Å². The maximum Gasteiger partial charge on any atom is 0.251 e. The highest BCUT2D eigenvalue weighted by atomic mass is 16.1. The van der Waals surface area contributed by atoms with Crippen molar-refractivity contribution in [2.45, 2.75) is 46.0 Å². The molecule has 1 amide bonds. The van der Waals surface area contributed by atoms with Gasteiger partial charge in [0.1, 0.15) is 0 Å². The highest BCUT2D eigenvalue weighted by Gasteiger charge is 2.20. The molecule has 0 heterocycles. The molecule has 0 aromatic heterocycles. The molecule has 4 N–H and O–H groups in total. The number of benzene rings is 1. The second kappa shape index (κ2) is 7.46. The predicted molar refractivity (Wildman–Crippen MR) is 87.1 cm³/mol. The Balaban J connectivity index is 1.85. The minimum absolute atomic E-state index is 0.0219. The number of nitrogen functional groups attached to an aromatic ring is 1. The number of nitrogens with one attached hydrogen (secondary N) is 2. The van der Waals surface area contributed by atoms with E-state index in [0.29, 0.717) is 5.92 Å². The topological polar surface area (TPSA) is 67.2 Å². The lowest BCUT2D eigenvalue weighted by Crippen LogP contribution is -2.31. The third-order valence-electron chi connectivity index (χ3n) is 4.73. The summed E-state index contributed by atoms with van der Waals surface area (Å²) in [6.45, 7) is 5.00. The molecule has 1 aromatic rings. The Morgan fingerprint density at radius 3 is 2.48 bits per heavy atom. The Labute approximate surface area is 127 Å². The summed E-state index contributed by atoms with van der Waals surface area (Å²) in [4.78, 5) is 12.3.